The molecular weight excluding hydrogens is 628 g/mol. The molecule has 0 saturated heterocycles. The Morgan fingerprint density at radius 2 is 1.06 bits per heavy atom. The molecule has 10 nitrogen and oxygen atoms in total. The van der Waals surface area contributed by atoms with Gasteiger partial charge in [0.25, 0.3) is 0 Å². The van der Waals surface area contributed by atoms with E-state index in [1.807, 2.05) is 36.4 Å². The lowest BCUT2D eigenvalue weighted by Crippen LogP contribution is -2.11. The van der Waals surface area contributed by atoms with Crippen molar-refractivity contribution >= 4 is 30.0 Å². The van der Waals surface area contributed by atoms with E-state index >= 15 is 0 Å². The zero-order chi connectivity index (χ0) is 35.2. The van der Waals surface area contributed by atoms with Gasteiger partial charge in [-0.2, -0.15) is 0 Å². The van der Waals surface area contributed by atoms with E-state index in [2.05, 4.69) is 19.7 Å². The number of hydrogen-bond donors (Lipinski definition) is 0. The van der Waals surface area contributed by atoms with Crippen molar-refractivity contribution in [2.24, 2.45) is 0 Å². The predicted octanol–water partition coefficient (Wildman–Crippen LogP) is 7.09. The van der Waals surface area contributed by atoms with Crippen molar-refractivity contribution < 1.29 is 47.6 Å². The zero-order valence-corrected chi connectivity index (χ0v) is 26.6. The first-order chi connectivity index (χ1) is 23.6. The second kappa shape index (κ2) is 17.3. The van der Waals surface area contributed by atoms with Crippen LogP contribution in [-0.4, -0.2) is 37.1 Å². The smallest absolute Gasteiger partial charge is 0.338 e. The van der Waals surface area contributed by atoms with Crippen molar-refractivity contribution in [2.45, 2.75) is 6.92 Å². The van der Waals surface area contributed by atoms with Crippen LogP contribution in [0.1, 0.15) is 12.5 Å². The molecule has 0 atom stereocenters. The molecule has 0 fully saturated rings. The minimum atomic E-state index is -0.727. The van der Waals surface area contributed by atoms with Gasteiger partial charge in [-0.3, -0.25) is 0 Å². The van der Waals surface area contributed by atoms with E-state index in [1.54, 1.807) is 55.5 Å². The van der Waals surface area contributed by atoms with E-state index in [0.717, 1.165) is 28.8 Å². The van der Waals surface area contributed by atoms with Crippen LogP contribution in [0, 0.1) is 0 Å². The lowest BCUT2D eigenvalue weighted by molar-refractivity contribution is -0.131. The quantitative estimate of drug-likeness (QED) is 0.0565. The van der Waals surface area contributed by atoms with Crippen LogP contribution in [-0.2, 0) is 19.2 Å². The topological polar surface area (TPSA) is 124 Å². The summed E-state index contributed by atoms with van der Waals surface area (Å²) in [4.78, 5) is 47.2. The van der Waals surface area contributed by atoms with Gasteiger partial charge in [-0.25, -0.2) is 19.2 Å². The summed E-state index contributed by atoms with van der Waals surface area (Å²) in [6.45, 7) is 12.2. The average Bonchev–Trinajstić information content (AvgIpc) is 3.11. The van der Waals surface area contributed by atoms with Crippen LogP contribution >= 0.6 is 0 Å². The van der Waals surface area contributed by atoms with Crippen LogP contribution in [0.3, 0.4) is 0 Å². The Morgan fingerprint density at radius 3 is 1.63 bits per heavy atom. The molecule has 0 amide bonds. The van der Waals surface area contributed by atoms with Crippen LogP contribution in [0.5, 0.6) is 34.5 Å². The highest BCUT2D eigenvalue weighted by Crippen LogP contribution is 2.32. The number of carbonyl (C=O) groups excluding carboxylic acids is 4. The highest BCUT2D eigenvalue weighted by atomic mass is 16.6. The summed E-state index contributed by atoms with van der Waals surface area (Å²) in [5.41, 5.74) is 2.86. The summed E-state index contributed by atoms with van der Waals surface area (Å²) in [5, 5.41) is 0. The van der Waals surface area contributed by atoms with E-state index in [4.69, 9.17) is 28.4 Å². The summed E-state index contributed by atoms with van der Waals surface area (Å²) in [6, 6.07) is 25.6. The van der Waals surface area contributed by atoms with Crippen molar-refractivity contribution in [3.8, 4) is 45.6 Å². The van der Waals surface area contributed by atoms with Crippen LogP contribution in [0.4, 0.5) is 0 Å². The summed E-state index contributed by atoms with van der Waals surface area (Å²) < 4.78 is 32.3. The molecule has 0 bridgehead atoms. The molecule has 49 heavy (non-hydrogen) atoms. The maximum absolute atomic E-state index is 12.3. The number of benzene rings is 4. The van der Waals surface area contributed by atoms with Crippen LogP contribution < -0.4 is 28.4 Å². The van der Waals surface area contributed by atoms with Gasteiger partial charge in [-0.05, 0) is 78.2 Å². The van der Waals surface area contributed by atoms with Crippen LogP contribution in [0.2, 0.25) is 0 Å². The average molecular weight is 661 g/mol. The second-order valence-corrected chi connectivity index (χ2v) is 10.1. The molecule has 0 aromatic heterocycles. The Kier molecular flexibility index (Phi) is 12.4. The molecule has 0 aliphatic carbocycles. The van der Waals surface area contributed by atoms with E-state index in [9.17, 15) is 19.2 Å². The van der Waals surface area contributed by atoms with Crippen molar-refractivity contribution in [1.82, 2.24) is 0 Å². The number of rotatable bonds is 15. The summed E-state index contributed by atoms with van der Waals surface area (Å²) in [6.07, 6.45) is 4.88. The van der Waals surface area contributed by atoms with Crippen molar-refractivity contribution in [1.29, 1.82) is 0 Å². The largest absolute Gasteiger partial charge is 0.490 e. The molecule has 4 aromatic carbocycles. The fraction of sp³-hybridized carbons (Fsp3) is 0.0769. The Labute approximate surface area is 283 Å². The number of esters is 4. The van der Waals surface area contributed by atoms with Gasteiger partial charge in [0.2, 0.25) is 0 Å². The molecule has 0 aliphatic heterocycles. The summed E-state index contributed by atoms with van der Waals surface area (Å²) in [5.74, 6) is -0.721. The molecule has 0 heterocycles. The van der Waals surface area contributed by atoms with Crippen molar-refractivity contribution in [3.05, 3.63) is 140 Å². The Bertz CT molecular complexity index is 1870. The Hall–Kier alpha value is -6.68. The predicted molar refractivity (Wildman–Crippen MR) is 183 cm³/mol. The first kappa shape index (κ1) is 35.2. The molecule has 0 radical (unpaired) electrons. The minimum Gasteiger partial charge on any atom is -0.490 e. The monoisotopic (exact) mass is 660 g/mol. The zero-order valence-electron chi connectivity index (χ0n) is 26.6. The van der Waals surface area contributed by atoms with Gasteiger partial charge in [-0.1, -0.05) is 56.1 Å². The van der Waals surface area contributed by atoms with Crippen LogP contribution in [0.25, 0.3) is 17.2 Å². The fourth-order valence-corrected chi connectivity index (χ4v) is 3.98. The molecule has 248 valence electrons. The minimum absolute atomic E-state index is 0.0125. The maximum atomic E-state index is 12.3. The second-order valence-electron chi connectivity index (χ2n) is 10.1. The lowest BCUT2D eigenvalue weighted by Gasteiger charge is -2.12. The SMILES string of the molecule is C=CC(=O)Oc1ccc(OCCOc2ccc(-c3ccc(OC(=O)/C=C/c4ccc(OC(=O)C(=C)C)cc4)cc3)cc2)cc1OC(=O)C=C. The molecule has 0 unspecified atom stereocenters. The molecule has 0 aliphatic rings. The number of hydrogen-bond acceptors (Lipinski definition) is 10. The third-order valence-electron chi connectivity index (χ3n) is 6.40. The van der Waals surface area contributed by atoms with Gasteiger partial charge in [0.05, 0.1) is 0 Å². The van der Waals surface area contributed by atoms with Gasteiger partial charge < -0.3 is 28.4 Å². The van der Waals surface area contributed by atoms with Gasteiger partial charge in [0.15, 0.2) is 11.5 Å². The fourth-order valence-electron chi connectivity index (χ4n) is 3.98. The maximum Gasteiger partial charge on any atom is 0.338 e. The molecule has 10 heteroatoms. The number of carbonyl (C=O) groups is 4. The highest BCUT2D eigenvalue weighted by molar-refractivity contribution is 5.90. The van der Waals surface area contributed by atoms with Gasteiger partial charge >= 0.3 is 23.9 Å². The molecule has 0 spiro atoms. The highest BCUT2D eigenvalue weighted by Gasteiger charge is 2.13. The van der Waals surface area contributed by atoms with E-state index in [1.165, 1.54) is 18.2 Å². The van der Waals surface area contributed by atoms with Gasteiger partial charge in [-0.15, -0.1) is 0 Å². The summed E-state index contributed by atoms with van der Waals surface area (Å²) in [7, 11) is 0. The Morgan fingerprint density at radius 1 is 0.571 bits per heavy atom. The molecule has 4 aromatic rings. The molecular formula is C39H32O10. The molecule has 0 N–H and O–H groups in total. The summed E-state index contributed by atoms with van der Waals surface area (Å²) >= 11 is 0. The third kappa shape index (κ3) is 11.0. The van der Waals surface area contributed by atoms with Gasteiger partial charge in [0, 0.05) is 29.9 Å². The first-order valence-corrected chi connectivity index (χ1v) is 14.8. The Balaban J connectivity index is 1.24. The van der Waals surface area contributed by atoms with Crippen LogP contribution in [0.15, 0.2) is 135 Å². The molecule has 0 saturated carbocycles. The van der Waals surface area contributed by atoms with E-state index < -0.39 is 23.9 Å². The van der Waals surface area contributed by atoms with E-state index in [0.29, 0.717) is 28.6 Å². The van der Waals surface area contributed by atoms with E-state index in [-0.39, 0.29) is 24.7 Å². The normalized spacial score (nSPS) is 10.4. The van der Waals surface area contributed by atoms with Gasteiger partial charge in [0.1, 0.15) is 36.2 Å². The lowest BCUT2D eigenvalue weighted by atomic mass is 10.1. The third-order valence-corrected chi connectivity index (χ3v) is 6.40. The molecule has 4 rings (SSSR count). The van der Waals surface area contributed by atoms with Crippen molar-refractivity contribution in [3.63, 3.8) is 0 Å². The first-order valence-electron chi connectivity index (χ1n) is 14.8. The van der Waals surface area contributed by atoms with Crippen molar-refractivity contribution in [2.75, 3.05) is 13.2 Å². The number of ether oxygens (including phenoxy) is 6. The standard InChI is InChI=1S/C39H32O10/c1-5-36(40)48-34-21-20-33(25-35(34)49-37(41)6-2)45-24-23-44-30-16-10-28(11-17-30)29-12-18-31(19-13-29)46-38(42)22-9-27-7-14-32(15-8-27)47-39(43)26(3)4/h5-22,25H,1-3,23-24H2,4H3/b22-9+.